The molecular formula is C36H25NO. The van der Waals surface area contributed by atoms with Crippen molar-refractivity contribution in [1.82, 2.24) is 0 Å². The lowest BCUT2D eigenvalue weighted by Crippen LogP contribution is -2.11. The van der Waals surface area contributed by atoms with E-state index in [0.717, 1.165) is 33.3 Å². The van der Waals surface area contributed by atoms with Gasteiger partial charge in [-0.25, -0.2) is 0 Å². The summed E-state index contributed by atoms with van der Waals surface area (Å²) in [6.45, 7) is 4.34. The average molecular weight is 488 g/mol. The summed E-state index contributed by atoms with van der Waals surface area (Å²) in [5, 5.41) is 10.0. The molecule has 1 heterocycles. The van der Waals surface area contributed by atoms with Crippen molar-refractivity contribution in [2.24, 2.45) is 0 Å². The van der Waals surface area contributed by atoms with Crippen LogP contribution in [0.25, 0.3) is 54.3 Å². The average Bonchev–Trinajstić information content (AvgIpc) is 3.30. The van der Waals surface area contributed by atoms with E-state index in [1.165, 1.54) is 49.1 Å². The van der Waals surface area contributed by atoms with Crippen LogP contribution in [0.15, 0.2) is 120 Å². The second-order valence-electron chi connectivity index (χ2n) is 10.4. The summed E-state index contributed by atoms with van der Waals surface area (Å²) in [7, 11) is 0. The first-order valence-electron chi connectivity index (χ1n) is 13.1. The maximum Gasteiger partial charge on any atom is 0.135 e. The fourth-order valence-corrected chi connectivity index (χ4v) is 6.28. The van der Waals surface area contributed by atoms with Crippen LogP contribution in [0.5, 0.6) is 0 Å². The van der Waals surface area contributed by atoms with Gasteiger partial charge in [0.1, 0.15) is 11.2 Å². The van der Waals surface area contributed by atoms with E-state index in [4.69, 9.17) is 4.42 Å². The van der Waals surface area contributed by atoms with Gasteiger partial charge in [0.15, 0.2) is 0 Å². The fraction of sp³-hybridized carbons (Fsp3) is 0.0556. The Morgan fingerprint density at radius 2 is 1.16 bits per heavy atom. The molecule has 0 amide bonds. The third-order valence-corrected chi connectivity index (χ3v) is 7.83. The highest BCUT2D eigenvalue weighted by molar-refractivity contribution is 6.25. The molecule has 7 aromatic carbocycles. The number of anilines is 3. The lowest BCUT2D eigenvalue weighted by Gasteiger charge is -2.28. The first-order valence-corrected chi connectivity index (χ1v) is 13.1. The van der Waals surface area contributed by atoms with Crippen molar-refractivity contribution >= 4 is 71.3 Å². The quantitative estimate of drug-likeness (QED) is 0.230. The lowest BCUT2D eigenvalue weighted by atomic mass is 9.93. The van der Waals surface area contributed by atoms with Crippen molar-refractivity contribution in [3.63, 3.8) is 0 Å². The number of aryl methyl sites for hydroxylation is 2. The van der Waals surface area contributed by atoms with Crippen LogP contribution in [0, 0.1) is 13.8 Å². The van der Waals surface area contributed by atoms with Crippen molar-refractivity contribution < 1.29 is 4.42 Å². The standard InChI is InChI=1S/C36H25NO/c1-22-18-23(2)20-28(19-22)37(27-14-17-34-31(21-27)29-8-3-4-9-33(29)38-34)32-16-13-26-11-10-24-6-5-7-25-12-15-30(32)36(26)35(24)25/h3-21H,1-2H3. The highest BCUT2D eigenvalue weighted by atomic mass is 16.3. The van der Waals surface area contributed by atoms with Crippen molar-refractivity contribution in [1.29, 1.82) is 0 Å². The van der Waals surface area contributed by atoms with Gasteiger partial charge in [-0.05, 0) is 94.4 Å². The number of fused-ring (bicyclic) bond motifs is 3. The Kier molecular flexibility index (Phi) is 4.39. The van der Waals surface area contributed by atoms with Crippen LogP contribution in [0.3, 0.4) is 0 Å². The Labute approximate surface area is 220 Å². The van der Waals surface area contributed by atoms with Crippen LogP contribution >= 0.6 is 0 Å². The molecule has 0 fully saturated rings. The number of nitrogens with zero attached hydrogens (tertiary/aromatic N) is 1. The summed E-state index contributed by atoms with van der Waals surface area (Å²) in [5.74, 6) is 0. The fourth-order valence-electron chi connectivity index (χ4n) is 6.28. The molecule has 8 rings (SSSR count). The largest absolute Gasteiger partial charge is 0.456 e. The van der Waals surface area contributed by atoms with Crippen molar-refractivity contribution in [2.75, 3.05) is 4.90 Å². The Bertz CT molecular complexity index is 2130. The van der Waals surface area contributed by atoms with E-state index >= 15 is 0 Å². The molecule has 0 saturated carbocycles. The van der Waals surface area contributed by atoms with Gasteiger partial charge in [0.2, 0.25) is 0 Å². The Hall–Kier alpha value is -4.82. The van der Waals surface area contributed by atoms with E-state index in [9.17, 15) is 0 Å². The highest BCUT2D eigenvalue weighted by Gasteiger charge is 2.20. The van der Waals surface area contributed by atoms with Crippen LogP contribution < -0.4 is 4.90 Å². The van der Waals surface area contributed by atoms with E-state index in [1.54, 1.807) is 0 Å². The van der Waals surface area contributed by atoms with Gasteiger partial charge in [-0.2, -0.15) is 0 Å². The van der Waals surface area contributed by atoms with E-state index in [2.05, 4.69) is 122 Å². The molecule has 0 spiro atoms. The second kappa shape index (κ2) is 7.84. The van der Waals surface area contributed by atoms with Crippen molar-refractivity contribution in [2.45, 2.75) is 13.8 Å². The van der Waals surface area contributed by atoms with Crippen LogP contribution in [-0.2, 0) is 0 Å². The zero-order valence-electron chi connectivity index (χ0n) is 21.3. The van der Waals surface area contributed by atoms with Gasteiger partial charge in [0.05, 0.1) is 5.69 Å². The predicted octanol–water partition coefficient (Wildman–Crippen LogP) is 10.6. The Balaban J connectivity index is 1.47. The van der Waals surface area contributed by atoms with E-state index < -0.39 is 0 Å². The number of hydrogen-bond donors (Lipinski definition) is 0. The number of para-hydroxylation sites is 1. The van der Waals surface area contributed by atoms with E-state index in [0.29, 0.717) is 0 Å². The third kappa shape index (κ3) is 3.07. The molecular weight excluding hydrogens is 462 g/mol. The van der Waals surface area contributed by atoms with Gasteiger partial charge < -0.3 is 9.32 Å². The number of hydrogen-bond acceptors (Lipinski definition) is 2. The minimum atomic E-state index is 0.908. The monoisotopic (exact) mass is 487 g/mol. The molecule has 0 bridgehead atoms. The van der Waals surface area contributed by atoms with E-state index in [1.807, 2.05) is 12.1 Å². The van der Waals surface area contributed by atoms with Gasteiger partial charge in [-0.15, -0.1) is 0 Å². The van der Waals surface area contributed by atoms with E-state index in [-0.39, 0.29) is 0 Å². The summed E-state index contributed by atoms with van der Waals surface area (Å²) in [4.78, 5) is 2.41. The van der Waals surface area contributed by atoms with Gasteiger partial charge in [0, 0.05) is 27.5 Å². The molecule has 2 heteroatoms. The number of benzene rings is 7. The molecule has 180 valence electrons. The summed E-state index contributed by atoms with van der Waals surface area (Å²) in [5.41, 5.74) is 7.77. The smallest absolute Gasteiger partial charge is 0.135 e. The number of rotatable bonds is 3. The third-order valence-electron chi connectivity index (χ3n) is 7.83. The summed E-state index contributed by atoms with van der Waals surface area (Å²) in [6.07, 6.45) is 0. The van der Waals surface area contributed by atoms with Gasteiger partial charge in [-0.3, -0.25) is 0 Å². The minimum absolute atomic E-state index is 0.908. The van der Waals surface area contributed by atoms with Crippen LogP contribution in [0.1, 0.15) is 11.1 Å². The zero-order valence-corrected chi connectivity index (χ0v) is 21.3. The first kappa shape index (κ1) is 21.3. The molecule has 8 aromatic rings. The van der Waals surface area contributed by atoms with Crippen LogP contribution in [0.2, 0.25) is 0 Å². The zero-order chi connectivity index (χ0) is 25.4. The molecule has 2 nitrogen and oxygen atoms in total. The molecule has 0 aliphatic rings. The number of furan rings is 1. The summed E-state index contributed by atoms with van der Waals surface area (Å²) < 4.78 is 6.17. The second-order valence-corrected chi connectivity index (χ2v) is 10.4. The molecule has 0 unspecified atom stereocenters. The topological polar surface area (TPSA) is 16.4 Å². The van der Waals surface area contributed by atoms with Gasteiger partial charge in [-0.1, -0.05) is 72.8 Å². The Morgan fingerprint density at radius 3 is 1.97 bits per heavy atom. The van der Waals surface area contributed by atoms with Gasteiger partial charge in [0.25, 0.3) is 0 Å². The maximum absolute atomic E-state index is 6.17. The predicted molar refractivity (Wildman–Crippen MR) is 162 cm³/mol. The highest BCUT2D eigenvalue weighted by Crippen LogP contribution is 2.45. The molecule has 38 heavy (non-hydrogen) atoms. The summed E-state index contributed by atoms with van der Waals surface area (Å²) in [6, 6.07) is 41.8. The molecule has 0 N–H and O–H groups in total. The molecule has 0 aliphatic carbocycles. The molecule has 0 atom stereocenters. The molecule has 0 saturated heterocycles. The van der Waals surface area contributed by atoms with Gasteiger partial charge >= 0.3 is 0 Å². The molecule has 0 radical (unpaired) electrons. The maximum atomic E-state index is 6.17. The normalized spacial score (nSPS) is 11.9. The first-order chi connectivity index (χ1) is 18.6. The van der Waals surface area contributed by atoms with Crippen LogP contribution in [-0.4, -0.2) is 0 Å². The molecule has 1 aromatic heterocycles. The summed E-state index contributed by atoms with van der Waals surface area (Å²) >= 11 is 0. The van der Waals surface area contributed by atoms with Crippen LogP contribution in [0.4, 0.5) is 17.1 Å². The lowest BCUT2D eigenvalue weighted by molar-refractivity contribution is 0.669. The SMILES string of the molecule is Cc1cc(C)cc(N(c2ccc3oc4ccccc4c3c2)c2ccc3ccc4cccc5ccc2c3c45)c1. The van der Waals surface area contributed by atoms with Crippen molar-refractivity contribution in [3.05, 3.63) is 126 Å². The Morgan fingerprint density at radius 1 is 0.474 bits per heavy atom. The molecule has 0 aliphatic heterocycles. The van der Waals surface area contributed by atoms with Crippen molar-refractivity contribution in [3.8, 4) is 0 Å². The minimum Gasteiger partial charge on any atom is -0.456 e.